The average molecular weight is 296 g/mol. The predicted octanol–water partition coefficient (Wildman–Crippen LogP) is 3.70. The van der Waals surface area contributed by atoms with Crippen LogP contribution in [0.2, 0.25) is 5.02 Å². The first-order chi connectivity index (χ1) is 9.06. The molecular formula is C14H11ClFNOS. The zero-order valence-corrected chi connectivity index (χ0v) is 11.5. The molecule has 0 aliphatic rings. The van der Waals surface area contributed by atoms with Crippen LogP contribution in [0.3, 0.4) is 0 Å². The molecule has 0 heterocycles. The topological polar surface area (TPSA) is 29.1 Å². The standard InChI is InChI=1S/C14H11ClFNOS/c15-12-6-9(4-5-13(12)16)8-17-14(18)10-2-1-3-11(19)7-10/h1-7,19H,8H2,(H,17,18). The van der Waals surface area contributed by atoms with Gasteiger partial charge in [-0.25, -0.2) is 4.39 Å². The van der Waals surface area contributed by atoms with Gasteiger partial charge in [-0.1, -0.05) is 23.7 Å². The zero-order chi connectivity index (χ0) is 13.8. The summed E-state index contributed by atoms with van der Waals surface area (Å²) in [6.07, 6.45) is 0. The summed E-state index contributed by atoms with van der Waals surface area (Å²) in [5.41, 5.74) is 1.27. The molecule has 0 atom stereocenters. The maximum atomic E-state index is 13.0. The SMILES string of the molecule is O=C(NCc1ccc(F)c(Cl)c1)c1cccc(S)c1. The van der Waals surface area contributed by atoms with Crippen molar-refractivity contribution in [2.24, 2.45) is 0 Å². The van der Waals surface area contributed by atoms with Crippen LogP contribution in [-0.4, -0.2) is 5.91 Å². The predicted molar refractivity (Wildman–Crippen MR) is 76.3 cm³/mol. The lowest BCUT2D eigenvalue weighted by molar-refractivity contribution is 0.0950. The van der Waals surface area contributed by atoms with Crippen molar-refractivity contribution in [3.05, 3.63) is 64.4 Å². The number of halogens is 2. The minimum Gasteiger partial charge on any atom is -0.348 e. The molecule has 1 N–H and O–H groups in total. The summed E-state index contributed by atoms with van der Waals surface area (Å²) in [4.78, 5) is 12.6. The Morgan fingerprint density at radius 2 is 2.05 bits per heavy atom. The van der Waals surface area contributed by atoms with Gasteiger partial charge >= 0.3 is 0 Å². The first kappa shape index (κ1) is 13.9. The van der Waals surface area contributed by atoms with Crippen LogP contribution in [0.4, 0.5) is 4.39 Å². The highest BCUT2D eigenvalue weighted by atomic mass is 35.5. The van der Waals surface area contributed by atoms with E-state index >= 15 is 0 Å². The Bertz CT molecular complexity index is 618. The smallest absolute Gasteiger partial charge is 0.251 e. The lowest BCUT2D eigenvalue weighted by Gasteiger charge is -2.06. The highest BCUT2D eigenvalue weighted by Gasteiger charge is 2.06. The molecular weight excluding hydrogens is 285 g/mol. The molecule has 98 valence electrons. The fourth-order valence-corrected chi connectivity index (χ4v) is 2.01. The van der Waals surface area contributed by atoms with Gasteiger partial charge in [-0.15, -0.1) is 12.6 Å². The summed E-state index contributed by atoms with van der Waals surface area (Å²) < 4.78 is 13.0. The number of amides is 1. The van der Waals surface area contributed by atoms with E-state index in [1.165, 1.54) is 12.1 Å². The lowest BCUT2D eigenvalue weighted by atomic mass is 10.2. The number of nitrogens with one attached hydrogen (secondary N) is 1. The van der Waals surface area contributed by atoms with Crippen molar-refractivity contribution in [3.8, 4) is 0 Å². The van der Waals surface area contributed by atoms with Crippen LogP contribution in [-0.2, 0) is 6.54 Å². The molecule has 2 rings (SSSR count). The second-order valence-corrected chi connectivity index (χ2v) is 4.91. The van der Waals surface area contributed by atoms with Gasteiger partial charge in [0.15, 0.2) is 0 Å². The summed E-state index contributed by atoms with van der Waals surface area (Å²) in [6, 6.07) is 11.3. The first-order valence-electron chi connectivity index (χ1n) is 5.57. The molecule has 0 radical (unpaired) electrons. The maximum Gasteiger partial charge on any atom is 0.251 e. The third-order valence-electron chi connectivity index (χ3n) is 2.55. The van der Waals surface area contributed by atoms with Crippen molar-refractivity contribution in [2.75, 3.05) is 0 Å². The van der Waals surface area contributed by atoms with Crippen LogP contribution in [0.1, 0.15) is 15.9 Å². The van der Waals surface area contributed by atoms with Crippen LogP contribution >= 0.6 is 24.2 Å². The number of carbonyl (C=O) groups is 1. The lowest BCUT2D eigenvalue weighted by Crippen LogP contribution is -2.22. The molecule has 0 unspecified atom stereocenters. The normalized spacial score (nSPS) is 10.3. The fraction of sp³-hybridized carbons (Fsp3) is 0.0714. The van der Waals surface area contributed by atoms with Crippen molar-refractivity contribution < 1.29 is 9.18 Å². The van der Waals surface area contributed by atoms with Crippen molar-refractivity contribution in [2.45, 2.75) is 11.4 Å². The average Bonchev–Trinajstić information content (AvgIpc) is 2.40. The summed E-state index contributed by atoms with van der Waals surface area (Å²) in [5.74, 6) is -0.684. The Balaban J connectivity index is 2.02. The Kier molecular flexibility index (Phi) is 4.45. The summed E-state index contributed by atoms with van der Waals surface area (Å²) >= 11 is 9.84. The Morgan fingerprint density at radius 1 is 1.26 bits per heavy atom. The monoisotopic (exact) mass is 295 g/mol. The third kappa shape index (κ3) is 3.72. The molecule has 19 heavy (non-hydrogen) atoms. The van der Waals surface area contributed by atoms with Crippen molar-refractivity contribution in [1.29, 1.82) is 0 Å². The molecule has 0 aliphatic heterocycles. The van der Waals surface area contributed by atoms with Gasteiger partial charge in [0.25, 0.3) is 5.91 Å². The zero-order valence-electron chi connectivity index (χ0n) is 9.86. The van der Waals surface area contributed by atoms with E-state index in [0.717, 1.165) is 10.5 Å². The highest BCUT2D eigenvalue weighted by molar-refractivity contribution is 7.80. The Labute approximate surface area is 121 Å². The largest absolute Gasteiger partial charge is 0.348 e. The van der Waals surface area contributed by atoms with Gasteiger partial charge in [0.2, 0.25) is 0 Å². The molecule has 0 spiro atoms. The van der Waals surface area contributed by atoms with E-state index in [1.807, 2.05) is 0 Å². The number of hydrogen-bond acceptors (Lipinski definition) is 2. The third-order valence-corrected chi connectivity index (χ3v) is 3.11. The van der Waals surface area contributed by atoms with Crippen LogP contribution in [0, 0.1) is 5.82 Å². The molecule has 5 heteroatoms. The van der Waals surface area contributed by atoms with E-state index < -0.39 is 5.82 Å². The van der Waals surface area contributed by atoms with Gasteiger partial charge in [0.1, 0.15) is 5.82 Å². The first-order valence-corrected chi connectivity index (χ1v) is 6.40. The molecule has 2 aromatic carbocycles. The second kappa shape index (κ2) is 6.08. The highest BCUT2D eigenvalue weighted by Crippen LogP contribution is 2.16. The number of benzene rings is 2. The Hall–Kier alpha value is -1.52. The van der Waals surface area contributed by atoms with E-state index in [2.05, 4.69) is 17.9 Å². The van der Waals surface area contributed by atoms with E-state index in [0.29, 0.717) is 5.56 Å². The van der Waals surface area contributed by atoms with Crippen molar-refractivity contribution in [3.63, 3.8) is 0 Å². The number of carbonyl (C=O) groups excluding carboxylic acids is 1. The molecule has 0 fully saturated rings. The fourth-order valence-electron chi connectivity index (χ4n) is 1.58. The molecule has 0 saturated heterocycles. The molecule has 0 aromatic heterocycles. The van der Waals surface area contributed by atoms with Crippen molar-refractivity contribution in [1.82, 2.24) is 5.32 Å². The quantitative estimate of drug-likeness (QED) is 0.831. The van der Waals surface area contributed by atoms with Gasteiger partial charge in [-0.05, 0) is 35.9 Å². The molecule has 0 aliphatic carbocycles. The van der Waals surface area contributed by atoms with Crippen LogP contribution in [0.25, 0.3) is 0 Å². The number of rotatable bonds is 3. The number of thiol groups is 1. The second-order valence-electron chi connectivity index (χ2n) is 3.98. The summed E-state index contributed by atoms with van der Waals surface area (Å²) in [7, 11) is 0. The number of hydrogen-bond donors (Lipinski definition) is 2. The molecule has 0 saturated carbocycles. The van der Waals surface area contributed by atoms with Crippen LogP contribution < -0.4 is 5.32 Å². The molecule has 2 aromatic rings. The minimum atomic E-state index is -0.473. The van der Waals surface area contributed by atoms with Crippen LogP contribution in [0.5, 0.6) is 0 Å². The van der Waals surface area contributed by atoms with E-state index in [4.69, 9.17) is 11.6 Å². The molecule has 2 nitrogen and oxygen atoms in total. The molecule has 0 bridgehead atoms. The minimum absolute atomic E-state index is 0.0455. The molecule has 1 amide bonds. The summed E-state index contributed by atoms with van der Waals surface area (Å²) in [6.45, 7) is 0.287. The van der Waals surface area contributed by atoms with Gasteiger partial charge in [-0.2, -0.15) is 0 Å². The Morgan fingerprint density at radius 3 is 2.74 bits per heavy atom. The van der Waals surface area contributed by atoms with Gasteiger partial charge < -0.3 is 5.32 Å². The van der Waals surface area contributed by atoms with Gasteiger partial charge in [0, 0.05) is 17.0 Å². The van der Waals surface area contributed by atoms with Gasteiger partial charge in [0.05, 0.1) is 5.02 Å². The van der Waals surface area contributed by atoms with Crippen LogP contribution in [0.15, 0.2) is 47.4 Å². The maximum absolute atomic E-state index is 13.0. The summed E-state index contributed by atoms with van der Waals surface area (Å²) in [5, 5.41) is 2.78. The van der Waals surface area contributed by atoms with E-state index in [1.54, 1.807) is 30.3 Å². The van der Waals surface area contributed by atoms with E-state index in [9.17, 15) is 9.18 Å². The van der Waals surface area contributed by atoms with Gasteiger partial charge in [-0.3, -0.25) is 4.79 Å². The van der Waals surface area contributed by atoms with E-state index in [-0.39, 0.29) is 17.5 Å². The van der Waals surface area contributed by atoms with Crippen molar-refractivity contribution >= 4 is 30.1 Å².